The van der Waals surface area contributed by atoms with Gasteiger partial charge in [0.25, 0.3) is 0 Å². The first kappa shape index (κ1) is 25.9. The number of hydrogen-bond acceptors (Lipinski definition) is 3. The van der Waals surface area contributed by atoms with Crippen molar-refractivity contribution in [1.29, 1.82) is 0 Å². The van der Waals surface area contributed by atoms with Crippen LogP contribution in [0.25, 0.3) is 0 Å². The summed E-state index contributed by atoms with van der Waals surface area (Å²) in [7, 11) is 0. The second-order valence-electron chi connectivity index (χ2n) is 11.1. The Kier molecular flexibility index (Phi) is 9.58. The van der Waals surface area contributed by atoms with Gasteiger partial charge in [-0.3, -0.25) is 9.59 Å². The van der Waals surface area contributed by atoms with Gasteiger partial charge in [-0.15, -0.1) is 0 Å². The molecule has 176 valence electrons. The molecule has 3 heteroatoms. The number of hydrogen-bond donors (Lipinski definition) is 0. The van der Waals surface area contributed by atoms with Crippen molar-refractivity contribution in [3.63, 3.8) is 0 Å². The summed E-state index contributed by atoms with van der Waals surface area (Å²) in [5.74, 6) is 2.42. The van der Waals surface area contributed by atoms with Crippen LogP contribution in [0.5, 0.6) is 0 Å². The lowest BCUT2D eigenvalue weighted by molar-refractivity contribution is -0.133. The highest BCUT2D eigenvalue weighted by Crippen LogP contribution is 2.41. The zero-order valence-corrected chi connectivity index (χ0v) is 21.2. The van der Waals surface area contributed by atoms with Crippen LogP contribution >= 0.6 is 0 Å². The highest BCUT2D eigenvalue weighted by molar-refractivity contribution is 6.50. The van der Waals surface area contributed by atoms with Crippen molar-refractivity contribution in [3.8, 4) is 0 Å². The Labute approximate surface area is 191 Å². The number of carbonyl (C=O) groups excluding carboxylic acids is 2. The maximum Gasteiger partial charge on any atom is 0.232 e. The minimum Gasteiger partial charge on any atom is -0.487 e. The van der Waals surface area contributed by atoms with Gasteiger partial charge in [0.2, 0.25) is 11.6 Å². The first-order valence-electron chi connectivity index (χ1n) is 12.7. The predicted molar refractivity (Wildman–Crippen MR) is 129 cm³/mol. The Morgan fingerprint density at radius 2 is 1.35 bits per heavy atom. The SMILES string of the molecule is CC1=C(C)C2=C(CC[C@@](C)(CCCC(C)CCCC(C)CCCC(C)C)O2)C(=O)C1=O. The minimum absolute atomic E-state index is 0.230. The second kappa shape index (κ2) is 11.5. The Morgan fingerprint density at radius 3 is 1.94 bits per heavy atom. The molecule has 0 spiro atoms. The maximum atomic E-state index is 12.3. The Hall–Kier alpha value is -1.38. The summed E-state index contributed by atoms with van der Waals surface area (Å²) in [6.45, 7) is 15.2. The molecular weight excluding hydrogens is 384 g/mol. The van der Waals surface area contributed by atoms with E-state index in [2.05, 4.69) is 34.6 Å². The Balaban J connectivity index is 1.72. The molecule has 1 heterocycles. The van der Waals surface area contributed by atoms with Crippen LogP contribution in [0, 0.1) is 17.8 Å². The molecule has 3 atom stereocenters. The Bertz CT molecular complexity index is 712. The average molecular weight is 431 g/mol. The van der Waals surface area contributed by atoms with Gasteiger partial charge in [0.15, 0.2) is 0 Å². The fourth-order valence-corrected chi connectivity index (χ4v) is 5.01. The van der Waals surface area contributed by atoms with Gasteiger partial charge in [0, 0.05) is 11.1 Å². The molecule has 2 unspecified atom stereocenters. The van der Waals surface area contributed by atoms with Gasteiger partial charge >= 0.3 is 0 Å². The zero-order valence-electron chi connectivity index (χ0n) is 21.2. The summed E-state index contributed by atoms with van der Waals surface area (Å²) in [5, 5.41) is 0. The van der Waals surface area contributed by atoms with Gasteiger partial charge in [-0.1, -0.05) is 72.6 Å². The van der Waals surface area contributed by atoms with E-state index < -0.39 is 0 Å². The second-order valence-corrected chi connectivity index (χ2v) is 11.1. The first-order chi connectivity index (χ1) is 14.5. The largest absolute Gasteiger partial charge is 0.487 e. The molecule has 31 heavy (non-hydrogen) atoms. The lowest BCUT2D eigenvalue weighted by Gasteiger charge is -2.39. The summed E-state index contributed by atoms with van der Waals surface area (Å²) >= 11 is 0. The quantitative estimate of drug-likeness (QED) is 0.235. The Morgan fingerprint density at radius 1 is 0.806 bits per heavy atom. The molecule has 3 nitrogen and oxygen atoms in total. The molecule has 0 N–H and O–H groups in total. The third-order valence-corrected chi connectivity index (χ3v) is 7.53. The summed E-state index contributed by atoms with van der Waals surface area (Å²) in [6.07, 6.45) is 13.0. The standard InChI is InChI=1S/C28H46O3/c1-19(2)11-8-12-20(3)13-9-14-21(4)15-10-17-28(7)18-16-24-26(30)25(29)22(5)23(6)27(24)31-28/h19-21H,8-18H2,1-7H3/t20?,21?,28-/m1/s1. The zero-order chi connectivity index (χ0) is 23.2. The number of ether oxygens (including phenoxy) is 1. The van der Waals surface area contributed by atoms with Crippen molar-refractivity contribution in [2.24, 2.45) is 17.8 Å². The van der Waals surface area contributed by atoms with Crippen molar-refractivity contribution in [3.05, 3.63) is 22.5 Å². The van der Waals surface area contributed by atoms with E-state index in [1.807, 2.05) is 6.92 Å². The molecule has 0 aromatic carbocycles. The molecule has 0 saturated carbocycles. The van der Waals surface area contributed by atoms with Gasteiger partial charge in [-0.05, 0) is 69.8 Å². The normalized spacial score (nSPS) is 23.9. The summed E-state index contributed by atoms with van der Waals surface area (Å²) in [6, 6.07) is 0. The molecule has 0 fully saturated rings. The van der Waals surface area contributed by atoms with Gasteiger partial charge in [0.1, 0.15) is 11.4 Å². The number of Topliss-reactive ketones (excluding diaryl/α,β-unsaturated/α-hetero) is 2. The van der Waals surface area contributed by atoms with E-state index >= 15 is 0 Å². The smallest absolute Gasteiger partial charge is 0.232 e. The fourth-order valence-electron chi connectivity index (χ4n) is 5.01. The van der Waals surface area contributed by atoms with Crippen molar-refractivity contribution in [1.82, 2.24) is 0 Å². The van der Waals surface area contributed by atoms with Crippen molar-refractivity contribution >= 4 is 11.6 Å². The van der Waals surface area contributed by atoms with Crippen molar-refractivity contribution in [2.75, 3.05) is 0 Å². The van der Waals surface area contributed by atoms with Crippen molar-refractivity contribution in [2.45, 2.75) is 125 Å². The van der Waals surface area contributed by atoms with E-state index in [4.69, 9.17) is 4.74 Å². The summed E-state index contributed by atoms with van der Waals surface area (Å²) in [5.41, 5.74) is 1.76. The van der Waals surface area contributed by atoms with Crippen LogP contribution in [0.3, 0.4) is 0 Å². The lowest BCUT2D eigenvalue weighted by atomic mass is 9.81. The first-order valence-corrected chi connectivity index (χ1v) is 12.7. The minimum atomic E-state index is -0.355. The third-order valence-electron chi connectivity index (χ3n) is 7.53. The third kappa shape index (κ3) is 7.32. The van der Waals surface area contributed by atoms with Crippen LogP contribution in [0.2, 0.25) is 0 Å². The van der Waals surface area contributed by atoms with Gasteiger partial charge < -0.3 is 4.74 Å². The molecule has 0 aromatic rings. The molecule has 0 aromatic heterocycles. The number of allylic oxidation sites excluding steroid dienone is 3. The van der Waals surface area contributed by atoms with Gasteiger partial charge in [0.05, 0.1) is 0 Å². The van der Waals surface area contributed by atoms with E-state index in [1.165, 1.54) is 44.9 Å². The monoisotopic (exact) mass is 430 g/mol. The van der Waals surface area contributed by atoms with Crippen LogP contribution in [-0.4, -0.2) is 17.2 Å². The van der Waals surface area contributed by atoms with E-state index in [-0.39, 0.29) is 17.2 Å². The van der Waals surface area contributed by atoms with Crippen LogP contribution in [0.1, 0.15) is 119 Å². The maximum absolute atomic E-state index is 12.3. The molecule has 1 aliphatic heterocycles. The molecule has 1 aliphatic carbocycles. The van der Waals surface area contributed by atoms with E-state index in [0.717, 1.165) is 42.6 Å². The fraction of sp³-hybridized carbons (Fsp3) is 0.786. The average Bonchev–Trinajstić information content (AvgIpc) is 2.70. The van der Waals surface area contributed by atoms with E-state index in [1.54, 1.807) is 6.92 Å². The molecule has 0 radical (unpaired) electrons. The number of carbonyl (C=O) groups is 2. The van der Waals surface area contributed by atoms with Gasteiger partial charge in [-0.2, -0.15) is 0 Å². The highest BCUT2D eigenvalue weighted by atomic mass is 16.5. The van der Waals surface area contributed by atoms with Crippen LogP contribution in [0.15, 0.2) is 22.5 Å². The van der Waals surface area contributed by atoms with Gasteiger partial charge in [-0.25, -0.2) is 0 Å². The van der Waals surface area contributed by atoms with Crippen LogP contribution < -0.4 is 0 Å². The molecule has 0 saturated heterocycles. The van der Waals surface area contributed by atoms with E-state index in [0.29, 0.717) is 23.3 Å². The molecule has 2 rings (SSSR count). The predicted octanol–water partition coefficient (Wildman–Crippen LogP) is 7.74. The number of ketones is 2. The summed E-state index contributed by atoms with van der Waals surface area (Å²) < 4.78 is 6.38. The molecule has 0 bridgehead atoms. The van der Waals surface area contributed by atoms with Crippen molar-refractivity contribution < 1.29 is 14.3 Å². The molecular formula is C28H46O3. The van der Waals surface area contributed by atoms with Crippen LogP contribution in [0.4, 0.5) is 0 Å². The lowest BCUT2D eigenvalue weighted by Crippen LogP contribution is -2.37. The highest BCUT2D eigenvalue weighted by Gasteiger charge is 2.40. The molecule has 0 amide bonds. The van der Waals surface area contributed by atoms with E-state index in [9.17, 15) is 9.59 Å². The van der Waals surface area contributed by atoms with Crippen LogP contribution in [-0.2, 0) is 14.3 Å². The topological polar surface area (TPSA) is 43.4 Å². The number of rotatable bonds is 12. The summed E-state index contributed by atoms with van der Waals surface area (Å²) in [4.78, 5) is 24.5. The molecule has 2 aliphatic rings.